The van der Waals surface area contributed by atoms with Crippen LogP contribution in [0.25, 0.3) is 0 Å². The van der Waals surface area contributed by atoms with E-state index in [1.54, 1.807) is 0 Å². The molecule has 0 bridgehead atoms. The molecule has 0 saturated heterocycles. The molecule has 0 fully saturated rings. The third kappa shape index (κ3) is 7.37. The van der Waals surface area contributed by atoms with Crippen LogP contribution in [0, 0.1) is 21.7 Å². The average Bonchev–Trinajstić information content (AvgIpc) is 2.33. The Morgan fingerprint density at radius 2 is 1.44 bits per heavy atom. The van der Waals surface area contributed by atoms with Crippen LogP contribution in [0.4, 0.5) is 0 Å². The van der Waals surface area contributed by atoms with Crippen molar-refractivity contribution in [3.05, 3.63) is 0 Å². The molecule has 4 heteroatoms. The zero-order valence-electron chi connectivity index (χ0n) is 18.4. The number of carbonyl (C=O) groups excluding carboxylic acids is 2. The van der Waals surface area contributed by atoms with E-state index in [0.717, 1.165) is 19.3 Å². The van der Waals surface area contributed by atoms with Gasteiger partial charge in [-0.2, -0.15) is 0 Å². The molecule has 0 aliphatic rings. The lowest BCUT2D eigenvalue weighted by Crippen LogP contribution is -2.51. The van der Waals surface area contributed by atoms with E-state index in [4.69, 9.17) is 4.74 Å². The lowest BCUT2D eigenvalue weighted by molar-refractivity contribution is -0.162. The van der Waals surface area contributed by atoms with Crippen LogP contribution in [0.3, 0.4) is 0 Å². The van der Waals surface area contributed by atoms with E-state index in [2.05, 4.69) is 74.6 Å². The summed E-state index contributed by atoms with van der Waals surface area (Å²) in [6.07, 6.45) is 2.21. The molecule has 0 saturated carbocycles. The lowest BCUT2D eigenvalue weighted by atomic mass is 9.58. The van der Waals surface area contributed by atoms with E-state index in [1.165, 1.54) is 6.92 Å². The van der Waals surface area contributed by atoms with Crippen molar-refractivity contribution in [1.29, 1.82) is 0 Å². The van der Waals surface area contributed by atoms with E-state index in [9.17, 15) is 9.59 Å². The lowest BCUT2D eigenvalue weighted by Gasteiger charge is -2.50. The molecular weight excluding hydrogens is 314 g/mol. The van der Waals surface area contributed by atoms with Gasteiger partial charge in [-0.3, -0.25) is 9.59 Å². The van der Waals surface area contributed by atoms with Crippen molar-refractivity contribution in [3.63, 3.8) is 0 Å². The molecular formula is C21H41NO3. The van der Waals surface area contributed by atoms with Crippen LogP contribution in [0.5, 0.6) is 0 Å². The van der Waals surface area contributed by atoms with Gasteiger partial charge in [-0.25, -0.2) is 0 Å². The minimum absolute atomic E-state index is 0.0464. The van der Waals surface area contributed by atoms with Crippen molar-refractivity contribution in [2.24, 2.45) is 21.7 Å². The highest BCUT2D eigenvalue weighted by Crippen LogP contribution is 2.49. The summed E-state index contributed by atoms with van der Waals surface area (Å²) in [5.41, 5.74) is -0.389. The minimum Gasteiger partial charge on any atom is -0.462 e. The predicted molar refractivity (Wildman–Crippen MR) is 104 cm³/mol. The fraction of sp³-hybridized carbons (Fsp3) is 0.905. The van der Waals surface area contributed by atoms with Gasteiger partial charge in [0.05, 0.1) is 0 Å². The van der Waals surface area contributed by atoms with E-state index in [0.29, 0.717) is 0 Å². The molecule has 0 aromatic carbocycles. The van der Waals surface area contributed by atoms with Crippen molar-refractivity contribution in [3.8, 4) is 0 Å². The number of rotatable bonds is 8. The first-order chi connectivity index (χ1) is 10.9. The summed E-state index contributed by atoms with van der Waals surface area (Å²) < 4.78 is 5.78. The maximum atomic E-state index is 11.7. The Labute approximate surface area is 155 Å². The Balaban J connectivity index is 5.69. The van der Waals surface area contributed by atoms with Gasteiger partial charge in [0.2, 0.25) is 6.41 Å². The Bertz CT molecular complexity index is 453. The number of hydrogen-bond donors (Lipinski definition) is 1. The second-order valence-electron chi connectivity index (χ2n) is 10.9. The van der Waals surface area contributed by atoms with Gasteiger partial charge in [-0.1, -0.05) is 69.2 Å². The van der Waals surface area contributed by atoms with Crippen LogP contribution in [0.1, 0.15) is 89.0 Å². The molecule has 25 heavy (non-hydrogen) atoms. The molecule has 0 aromatic rings. The Morgan fingerprint density at radius 3 is 1.76 bits per heavy atom. The van der Waals surface area contributed by atoms with Gasteiger partial charge in [0, 0.05) is 18.4 Å². The van der Waals surface area contributed by atoms with Gasteiger partial charge in [-0.15, -0.1) is 0 Å². The van der Waals surface area contributed by atoms with Crippen LogP contribution in [0.2, 0.25) is 0 Å². The molecule has 0 radical (unpaired) electrons. The third-order valence-corrected chi connectivity index (χ3v) is 5.68. The number of ether oxygens (including phenoxy) is 1. The zero-order valence-corrected chi connectivity index (χ0v) is 18.4. The highest BCUT2D eigenvalue weighted by molar-refractivity contribution is 5.66. The molecule has 0 heterocycles. The first-order valence-electron chi connectivity index (χ1n) is 9.31. The SMILES string of the molecule is CC(=O)OC(CC(C)(C)C)C(C)(C)C(C)(C)CC(NC=O)C(C)(C)C. The molecule has 1 N–H and O–H groups in total. The number of esters is 1. The van der Waals surface area contributed by atoms with Crippen molar-refractivity contribution >= 4 is 12.4 Å². The smallest absolute Gasteiger partial charge is 0.302 e. The second-order valence-corrected chi connectivity index (χ2v) is 10.9. The van der Waals surface area contributed by atoms with Crippen LogP contribution < -0.4 is 5.32 Å². The number of hydrogen-bond acceptors (Lipinski definition) is 3. The third-order valence-electron chi connectivity index (χ3n) is 5.68. The van der Waals surface area contributed by atoms with Gasteiger partial charge in [0.1, 0.15) is 6.10 Å². The quantitative estimate of drug-likeness (QED) is 0.495. The molecule has 0 spiro atoms. The van der Waals surface area contributed by atoms with E-state index in [1.807, 2.05) is 0 Å². The van der Waals surface area contributed by atoms with Crippen LogP contribution in [-0.4, -0.2) is 24.5 Å². The molecule has 0 aliphatic carbocycles. The highest BCUT2D eigenvalue weighted by atomic mass is 16.5. The predicted octanol–water partition coefficient (Wildman–Crippen LogP) is 4.96. The number of nitrogens with one attached hydrogen (secondary N) is 1. The summed E-state index contributed by atoms with van der Waals surface area (Å²) in [5, 5.41) is 2.99. The van der Waals surface area contributed by atoms with Crippen LogP contribution >= 0.6 is 0 Å². The van der Waals surface area contributed by atoms with E-state index < -0.39 is 0 Å². The van der Waals surface area contributed by atoms with E-state index in [-0.39, 0.29) is 39.8 Å². The van der Waals surface area contributed by atoms with E-state index >= 15 is 0 Å². The molecule has 1 amide bonds. The van der Waals surface area contributed by atoms with Crippen LogP contribution in [-0.2, 0) is 14.3 Å². The zero-order chi connectivity index (χ0) is 20.3. The van der Waals surface area contributed by atoms with Gasteiger partial charge in [-0.05, 0) is 29.1 Å². The summed E-state index contributed by atoms with van der Waals surface area (Å²) in [5.74, 6) is -0.239. The Hall–Kier alpha value is -1.06. The first-order valence-corrected chi connectivity index (χ1v) is 9.31. The first kappa shape index (κ1) is 23.9. The average molecular weight is 356 g/mol. The molecule has 2 atom stereocenters. The molecule has 0 rings (SSSR count). The molecule has 4 nitrogen and oxygen atoms in total. The molecule has 0 aliphatic heterocycles. The summed E-state index contributed by atoms with van der Waals surface area (Å²) in [6.45, 7) is 23.1. The van der Waals surface area contributed by atoms with Crippen LogP contribution in [0.15, 0.2) is 0 Å². The number of carbonyl (C=O) groups is 2. The Morgan fingerprint density at radius 1 is 0.960 bits per heavy atom. The fourth-order valence-electron chi connectivity index (χ4n) is 3.11. The second kappa shape index (κ2) is 8.09. The van der Waals surface area contributed by atoms with Crippen molar-refractivity contribution in [2.75, 3.05) is 0 Å². The van der Waals surface area contributed by atoms with Gasteiger partial charge in [0.25, 0.3) is 0 Å². The van der Waals surface area contributed by atoms with Gasteiger partial charge >= 0.3 is 5.97 Å². The van der Waals surface area contributed by atoms with Crippen molar-refractivity contribution in [1.82, 2.24) is 5.32 Å². The summed E-state index contributed by atoms with van der Waals surface area (Å²) >= 11 is 0. The minimum atomic E-state index is -0.250. The fourth-order valence-corrected chi connectivity index (χ4v) is 3.11. The topological polar surface area (TPSA) is 55.4 Å². The van der Waals surface area contributed by atoms with Crippen molar-refractivity contribution < 1.29 is 14.3 Å². The summed E-state index contributed by atoms with van der Waals surface area (Å²) in [6, 6.07) is 0.0480. The number of amides is 1. The maximum absolute atomic E-state index is 11.7. The van der Waals surface area contributed by atoms with Crippen molar-refractivity contribution in [2.45, 2.75) is 101 Å². The van der Waals surface area contributed by atoms with Gasteiger partial charge in [0.15, 0.2) is 0 Å². The normalized spacial score (nSPS) is 16.1. The molecule has 148 valence electrons. The monoisotopic (exact) mass is 355 g/mol. The standard InChI is InChI=1S/C21H41NO3/c1-15(24)25-17(13-18(2,3)4)21(10,11)20(8,9)12-16(22-14-23)19(5,6)7/h14,16-17H,12-13H2,1-11H3,(H,22,23). The van der Waals surface area contributed by atoms with Gasteiger partial charge < -0.3 is 10.1 Å². The molecule has 0 aromatic heterocycles. The highest BCUT2D eigenvalue weighted by Gasteiger charge is 2.48. The Kier molecular flexibility index (Phi) is 7.75. The summed E-state index contributed by atoms with van der Waals surface area (Å²) in [7, 11) is 0. The molecule has 2 unspecified atom stereocenters. The summed E-state index contributed by atoms with van der Waals surface area (Å²) in [4.78, 5) is 22.8. The largest absolute Gasteiger partial charge is 0.462 e. The maximum Gasteiger partial charge on any atom is 0.302 e.